The van der Waals surface area contributed by atoms with Crippen LogP contribution in [0.5, 0.6) is 0 Å². The molecule has 3 nitrogen and oxygen atoms in total. The summed E-state index contributed by atoms with van der Waals surface area (Å²) in [5, 5.41) is 4.18. The summed E-state index contributed by atoms with van der Waals surface area (Å²) in [6.07, 6.45) is 3.46. The second kappa shape index (κ2) is 5.72. The van der Waals surface area contributed by atoms with Gasteiger partial charge in [0.15, 0.2) is 0 Å². The summed E-state index contributed by atoms with van der Waals surface area (Å²) in [5.74, 6) is 0.404. The highest BCUT2D eigenvalue weighted by Gasteiger charge is 2.32. The molecule has 0 atom stereocenters. The summed E-state index contributed by atoms with van der Waals surface area (Å²) in [5.41, 5.74) is 2.84. The lowest BCUT2D eigenvalue weighted by atomic mass is 9.76. The molecule has 0 radical (unpaired) electrons. The lowest BCUT2D eigenvalue weighted by molar-refractivity contribution is 0.0913. The molecule has 0 unspecified atom stereocenters. The average Bonchev–Trinajstić information content (AvgIpc) is 2.90. The summed E-state index contributed by atoms with van der Waals surface area (Å²) in [6.45, 7) is 0. The molecule has 1 heterocycles. The topological polar surface area (TPSA) is 42.0 Å². The number of rotatable bonds is 3. The summed E-state index contributed by atoms with van der Waals surface area (Å²) < 4.78 is 0. The quantitative estimate of drug-likeness (QED) is 0.921. The van der Waals surface area contributed by atoms with Crippen molar-refractivity contribution < 1.29 is 4.79 Å². The first-order chi connectivity index (χ1) is 9.63. The van der Waals surface area contributed by atoms with E-state index in [2.05, 4.69) is 10.3 Å². The van der Waals surface area contributed by atoms with Crippen LogP contribution in [0.15, 0.2) is 29.9 Å². The molecule has 1 aliphatic rings. The Balaban J connectivity index is 1.56. The van der Waals surface area contributed by atoms with Crippen molar-refractivity contribution in [2.24, 2.45) is 0 Å². The molecule has 6 heteroatoms. The van der Waals surface area contributed by atoms with Crippen molar-refractivity contribution in [3.05, 3.63) is 50.4 Å². The SMILES string of the molecule is O=C(NC1CC(c2ccc(Cl)c(Cl)c2)C1)c1cncs1. The van der Waals surface area contributed by atoms with Crippen LogP contribution in [0.2, 0.25) is 10.0 Å². The van der Waals surface area contributed by atoms with Crippen LogP contribution in [0.25, 0.3) is 0 Å². The monoisotopic (exact) mass is 326 g/mol. The summed E-state index contributed by atoms with van der Waals surface area (Å²) in [4.78, 5) is 16.4. The van der Waals surface area contributed by atoms with Gasteiger partial charge in [-0.15, -0.1) is 11.3 Å². The van der Waals surface area contributed by atoms with Gasteiger partial charge >= 0.3 is 0 Å². The van der Waals surface area contributed by atoms with Crippen LogP contribution in [-0.2, 0) is 0 Å². The van der Waals surface area contributed by atoms with Gasteiger partial charge in [0.1, 0.15) is 4.88 Å². The van der Waals surface area contributed by atoms with E-state index in [4.69, 9.17) is 23.2 Å². The fourth-order valence-corrected chi connectivity index (χ4v) is 3.19. The number of halogens is 2. The molecule has 1 saturated carbocycles. The molecule has 1 amide bonds. The van der Waals surface area contributed by atoms with Gasteiger partial charge in [-0.1, -0.05) is 29.3 Å². The molecule has 3 rings (SSSR count). The third kappa shape index (κ3) is 2.82. The Labute approximate surface area is 130 Å². The smallest absolute Gasteiger partial charge is 0.263 e. The zero-order chi connectivity index (χ0) is 14.1. The first-order valence-corrected chi connectivity index (χ1v) is 7.91. The lowest BCUT2D eigenvalue weighted by Crippen LogP contribution is -2.43. The predicted molar refractivity (Wildman–Crippen MR) is 81.8 cm³/mol. The second-order valence-corrected chi connectivity index (χ2v) is 6.58. The van der Waals surface area contributed by atoms with E-state index in [1.807, 2.05) is 18.2 Å². The first-order valence-electron chi connectivity index (χ1n) is 6.28. The Hall–Kier alpha value is -1.10. The van der Waals surface area contributed by atoms with E-state index in [1.54, 1.807) is 11.7 Å². The van der Waals surface area contributed by atoms with Gasteiger partial charge in [0.25, 0.3) is 5.91 Å². The van der Waals surface area contributed by atoms with Crippen molar-refractivity contribution in [3.63, 3.8) is 0 Å². The highest BCUT2D eigenvalue weighted by atomic mass is 35.5. The number of thiazole rings is 1. The van der Waals surface area contributed by atoms with E-state index in [-0.39, 0.29) is 11.9 Å². The number of carbonyl (C=O) groups is 1. The van der Waals surface area contributed by atoms with Crippen molar-refractivity contribution in [1.82, 2.24) is 10.3 Å². The molecule has 1 aliphatic carbocycles. The number of benzene rings is 1. The van der Waals surface area contributed by atoms with Crippen LogP contribution in [0.4, 0.5) is 0 Å². The lowest BCUT2D eigenvalue weighted by Gasteiger charge is -2.36. The van der Waals surface area contributed by atoms with E-state index in [0.29, 0.717) is 20.8 Å². The molecule has 1 aromatic carbocycles. The predicted octanol–water partition coefficient (Wildman–Crippen LogP) is 4.13. The molecule has 0 aliphatic heterocycles. The Morgan fingerprint density at radius 1 is 1.30 bits per heavy atom. The van der Waals surface area contributed by atoms with Gasteiger partial charge in [0, 0.05) is 6.04 Å². The Kier molecular flexibility index (Phi) is 3.96. The maximum absolute atomic E-state index is 11.9. The molecule has 0 spiro atoms. The Morgan fingerprint density at radius 3 is 2.75 bits per heavy atom. The first kappa shape index (κ1) is 13.9. The van der Waals surface area contributed by atoms with E-state index < -0.39 is 0 Å². The molecule has 2 aromatic rings. The zero-order valence-electron chi connectivity index (χ0n) is 10.5. The number of nitrogens with zero attached hydrogens (tertiary/aromatic N) is 1. The minimum atomic E-state index is -0.0370. The molecule has 1 aromatic heterocycles. The molecule has 1 fully saturated rings. The summed E-state index contributed by atoms with van der Waals surface area (Å²) >= 11 is 13.3. The van der Waals surface area contributed by atoms with Crippen LogP contribution >= 0.6 is 34.5 Å². The van der Waals surface area contributed by atoms with Crippen LogP contribution < -0.4 is 5.32 Å². The van der Waals surface area contributed by atoms with Gasteiger partial charge < -0.3 is 5.32 Å². The molecule has 104 valence electrons. The molecule has 20 heavy (non-hydrogen) atoms. The molecule has 1 N–H and O–H groups in total. The van der Waals surface area contributed by atoms with Gasteiger partial charge in [-0.2, -0.15) is 0 Å². The highest BCUT2D eigenvalue weighted by Crippen LogP contribution is 2.39. The van der Waals surface area contributed by atoms with E-state index in [9.17, 15) is 4.79 Å². The van der Waals surface area contributed by atoms with Crippen molar-refractivity contribution in [2.45, 2.75) is 24.8 Å². The van der Waals surface area contributed by atoms with Gasteiger partial charge in [0.2, 0.25) is 0 Å². The van der Waals surface area contributed by atoms with Gasteiger partial charge in [-0.3, -0.25) is 9.78 Å². The van der Waals surface area contributed by atoms with Crippen molar-refractivity contribution in [3.8, 4) is 0 Å². The van der Waals surface area contributed by atoms with Gasteiger partial charge in [-0.05, 0) is 36.5 Å². The Morgan fingerprint density at radius 2 is 2.10 bits per heavy atom. The summed E-state index contributed by atoms with van der Waals surface area (Å²) in [7, 11) is 0. The van der Waals surface area contributed by atoms with E-state index in [1.165, 1.54) is 16.9 Å². The minimum Gasteiger partial charge on any atom is -0.349 e. The molecular weight excluding hydrogens is 315 g/mol. The third-order valence-electron chi connectivity index (χ3n) is 3.54. The standard InChI is InChI=1S/C14H12Cl2N2OS/c15-11-2-1-8(5-12(11)16)9-3-10(4-9)18-14(19)13-6-17-7-20-13/h1-2,5-7,9-10H,3-4H2,(H,18,19). The fourth-order valence-electron chi connectivity index (χ4n) is 2.36. The average molecular weight is 327 g/mol. The van der Waals surface area contributed by atoms with Crippen molar-refractivity contribution >= 4 is 40.4 Å². The number of nitrogens with one attached hydrogen (secondary N) is 1. The van der Waals surface area contributed by atoms with Gasteiger partial charge in [0.05, 0.1) is 21.8 Å². The van der Waals surface area contributed by atoms with Gasteiger partial charge in [-0.25, -0.2) is 0 Å². The fraction of sp³-hybridized carbons (Fsp3) is 0.286. The van der Waals surface area contributed by atoms with Crippen LogP contribution in [-0.4, -0.2) is 16.9 Å². The van der Waals surface area contributed by atoms with Crippen molar-refractivity contribution in [1.29, 1.82) is 0 Å². The number of carbonyl (C=O) groups excluding carboxylic acids is 1. The number of amides is 1. The van der Waals surface area contributed by atoms with Crippen LogP contribution in [0, 0.1) is 0 Å². The van der Waals surface area contributed by atoms with E-state index in [0.717, 1.165) is 12.8 Å². The number of hydrogen-bond donors (Lipinski definition) is 1. The van der Waals surface area contributed by atoms with E-state index >= 15 is 0 Å². The second-order valence-electron chi connectivity index (χ2n) is 4.88. The maximum atomic E-state index is 11.9. The normalized spacial score (nSPS) is 21.3. The molecule has 0 saturated heterocycles. The largest absolute Gasteiger partial charge is 0.349 e. The third-order valence-corrected chi connectivity index (χ3v) is 5.06. The minimum absolute atomic E-state index is 0.0370. The highest BCUT2D eigenvalue weighted by molar-refractivity contribution is 7.11. The van der Waals surface area contributed by atoms with Crippen LogP contribution in [0.1, 0.15) is 34.0 Å². The molecule has 0 bridgehead atoms. The Bertz CT molecular complexity index is 624. The molecular formula is C14H12Cl2N2OS. The van der Waals surface area contributed by atoms with Crippen molar-refractivity contribution in [2.75, 3.05) is 0 Å². The maximum Gasteiger partial charge on any atom is 0.263 e. The number of aromatic nitrogens is 1. The summed E-state index contributed by atoms with van der Waals surface area (Å²) in [6, 6.07) is 5.96. The zero-order valence-corrected chi connectivity index (χ0v) is 12.8. The van der Waals surface area contributed by atoms with Crippen LogP contribution in [0.3, 0.4) is 0 Å². The number of hydrogen-bond acceptors (Lipinski definition) is 3.